The monoisotopic (exact) mass is 308 g/mol. The van der Waals surface area contributed by atoms with E-state index in [0.717, 1.165) is 0 Å². The zero-order chi connectivity index (χ0) is 16.7. The lowest BCUT2D eigenvalue weighted by Crippen LogP contribution is -2.23. The Morgan fingerprint density at radius 3 is 2.70 bits per heavy atom. The van der Waals surface area contributed by atoms with Crippen molar-refractivity contribution in [2.75, 3.05) is 5.32 Å². The van der Waals surface area contributed by atoms with Crippen molar-refractivity contribution in [3.8, 4) is 5.75 Å². The van der Waals surface area contributed by atoms with Crippen LogP contribution in [-0.2, 0) is 9.59 Å². The van der Waals surface area contributed by atoms with Crippen LogP contribution < -0.4 is 5.32 Å². The Bertz CT molecular complexity index is 824. The molecule has 1 amide bonds. The van der Waals surface area contributed by atoms with E-state index in [4.69, 9.17) is 5.53 Å². The minimum atomic E-state index is -0.976. The van der Waals surface area contributed by atoms with Crippen molar-refractivity contribution >= 4 is 35.5 Å². The Balaban J connectivity index is 2.14. The molecular formula is C16H12N4O3. The van der Waals surface area contributed by atoms with Crippen LogP contribution in [0.5, 0.6) is 5.75 Å². The third-order valence-corrected chi connectivity index (χ3v) is 2.79. The number of carbonyl (C=O) groups excluding carboxylic acids is 2. The van der Waals surface area contributed by atoms with E-state index in [1.54, 1.807) is 48.5 Å². The molecule has 0 aliphatic heterocycles. The van der Waals surface area contributed by atoms with E-state index in [2.05, 4.69) is 15.1 Å². The maximum atomic E-state index is 11.5. The molecule has 0 aromatic heterocycles. The largest absolute Gasteiger partial charge is 0.507 e. The number of anilines is 1. The van der Waals surface area contributed by atoms with Gasteiger partial charge in [-0.2, -0.15) is 4.79 Å². The molecule has 0 fully saturated rings. The fraction of sp³-hybridized carbons (Fsp3) is 0. The molecule has 0 heterocycles. The number of carbonyl (C=O) groups is 2. The summed E-state index contributed by atoms with van der Waals surface area (Å²) in [4.78, 5) is 29.4. The number of Topliss-reactive ketones (excluding diaryl/α,β-unsaturated/α-hetero) is 1. The van der Waals surface area contributed by atoms with Crippen molar-refractivity contribution in [2.24, 2.45) is 4.99 Å². The molecule has 0 unspecified atom stereocenters. The Hall–Kier alpha value is -3.57. The first-order valence-corrected chi connectivity index (χ1v) is 6.55. The summed E-state index contributed by atoms with van der Waals surface area (Å²) in [7, 11) is 0. The van der Waals surface area contributed by atoms with Crippen molar-refractivity contribution in [3.05, 3.63) is 59.6 Å². The van der Waals surface area contributed by atoms with Gasteiger partial charge in [0, 0.05) is 17.5 Å². The number of amides is 1. The van der Waals surface area contributed by atoms with Crippen LogP contribution in [0.3, 0.4) is 0 Å². The number of rotatable bonds is 5. The molecule has 2 aromatic rings. The van der Waals surface area contributed by atoms with Crippen LogP contribution >= 0.6 is 0 Å². The van der Waals surface area contributed by atoms with Crippen LogP contribution in [0.1, 0.15) is 5.56 Å². The van der Waals surface area contributed by atoms with Crippen LogP contribution in [0.4, 0.5) is 11.4 Å². The second-order valence-corrected chi connectivity index (χ2v) is 4.43. The zero-order valence-corrected chi connectivity index (χ0v) is 11.9. The summed E-state index contributed by atoms with van der Waals surface area (Å²) in [6, 6.07) is 13.2. The van der Waals surface area contributed by atoms with Gasteiger partial charge in [0.25, 0.3) is 0 Å². The number of phenolic OH excluding ortho intramolecular Hbond substituents is 1. The molecule has 0 aliphatic rings. The highest BCUT2D eigenvalue weighted by atomic mass is 16.3. The van der Waals surface area contributed by atoms with Crippen LogP contribution in [0.15, 0.2) is 53.5 Å². The zero-order valence-electron chi connectivity index (χ0n) is 11.9. The van der Waals surface area contributed by atoms with Gasteiger partial charge in [0.05, 0.1) is 5.69 Å². The Morgan fingerprint density at radius 1 is 1.17 bits per heavy atom. The van der Waals surface area contributed by atoms with Crippen molar-refractivity contribution in [3.63, 3.8) is 0 Å². The number of ketones is 1. The lowest BCUT2D eigenvalue weighted by Gasteiger charge is -2.03. The Labute approximate surface area is 131 Å². The molecule has 2 rings (SSSR count). The Morgan fingerprint density at radius 2 is 1.96 bits per heavy atom. The van der Waals surface area contributed by atoms with E-state index in [1.165, 1.54) is 6.21 Å². The van der Waals surface area contributed by atoms with Crippen molar-refractivity contribution < 1.29 is 19.5 Å². The standard InChI is InChI=1S/C16H12N4O3/c17-19-10-15(22)16(23)20-13-6-3-5-12(8-13)18-9-11-4-1-2-7-14(11)21/h1-10,21H,(H,20,23). The smallest absolute Gasteiger partial charge is 0.333 e. The third kappa shape index (κ3) is 4.45. The van der Waals surface area contributed by atoms with Gasteiger partial charge in [-0.05, 0) is 30.3 Å². The first-order valence-electron chi connectivity index (χ1n) is 6.55. The minimum absolute atomic E-state index is 0.106. The number of nitrogens with zero attached hydrogens (tertiary/aromatic N) is 3. The summed E-state index contributed by atoms with van der Waals surface area (Å²) in [5, 5.41) is 12.0. The second-order valence-electron chi connectivity index (χ2n) is 4.43. The van der Waals surface area contributed by atoms with E-state index in [1.807, 2.05) is 0 Å². The average Bonchev–Trinajstić information content (AvgIpc) is 2.54. The summed E-state index contributed by atoms with van der Waals surface area (Å²) < 4.78 is 0. The fourth-order valence-electron chi connectivity index (χ4n) is 1.71. The molecule has 0 spiro atoms. The van der Waals surface area contributed by atoms with Crippen LogP contribution in [0, 0.1) is 0 Å². The van der Waals surface area contributed by atoms with E-state index in [-0.39, 0.29) is 5.75 Å². The van der Waals surface area contributed by atoms with Gasteiger partial charge in [-0.3, -0.25) is 14.6 Å². The van der Waals surface area contributed by atoms with Crippen LogP contribution in [-0.4, -0.2) is 34.0 Å². The van der Waals surface area contributed by atoms with Crippen LogP contribution in [0.2, 0.25) is 0 Å². The predicted octanol–water partition coefficient (Wildman–Crippen LogP) is 1.95. The molecule has 7 heteroatoms. The number of aliphatic imine (C=N–C) groups is 1. The van der Waals surface area contributed by atoms with E-state index < -0.39 is 11.7 Å². The number of para-hydroxylation sites is 1. The maximum Gasteiger partial charge on any atom is 0.333 e. The second kappa shape index (κ2) is 7.44. The SMILES string of the molecule is [N-]=[N+]=CC(=O)C(=O)Nc1cccc(N=Cc2ccccc2O)c1. The number of hydrogen-bond acceptors (Lipinski definition) is 4. The molecule has 114 valence electrons. The minimum Gasteiger partial charge on any atom is -0.507 e. The summed E-state index contributed by atoms with van der Waals surface area (Å²) in [5.41, 5.74) is 9.66. The molecule has 0 radical (unpaired) electrons. The topological polar surface area (TPSA) is 115 Å². The summed E-state index contributed by atoms with van der Waals surface area (Å²) in [6.45, 7) is 0. The maximum absolute atomic E-state index is 11.5. The van der Waals surface area contributed by atoms with Gasteiger partial charge in [0.15, 0.2) is 0 Å². The van der Waals surface area contributed by atoms with Crippen LogP contribution in [0.25, 0.3) is 5.53 Å². The molecule has 0 saturated heterocycles. The van der Waals surface area contributed by atoms with E-state index in [0.29, 0.717) is 23.2 Å². The highest BCUT2D eigenvalue weighted by Gasteiger charge is 2.15. The number of benzene rings is 2. The molecular weight excluding hydrogens is 296 g/mol. The third-order valence-electron chi connectivity index (χ3n) is 2.79. The highest BCUT2D eigenvalue weighted by Crippen LogP contribution is 2.19. The Kier molecular flexibility index (Phi) is 5.12. The first kappa shape index (κ1) is 15.8. The highest BCUT2D eigenvalue weighted by molar-refractivity contribution is 6.59. The van der Waals surface area contributed by atoms with Gasteiger partial charge >= 0.3 is 17.9 Å². The van der Waals surface area contributed by atoms with Gasteiger partial charge in [-0.25, -0.2) is 0 Å². The quantitative estimate of drug-likeness (QED) is 0.380. The molecule has 2 aromatic carbocycles. The van der Waals surface area contributed by atoms with Gasteiger partial charge in [-0.15, -0.1) is 0 Å². The van der Waals surface area contributed by atoms with E-state index >= 15 is 0 Å². The molecule has 7 nitrogen and oxygen atoms in total. The number of phenols is 1. The molecule has 0 saturated carbocycles. The molecule has 23 heavy (non-hydrogen) atoms. The normalized spacial score (nSPS) is 10.1. The van der Waals surface area contributed by atoms with Crippen molar-refractivity contribution in [1.82, 2.24) is 0 Å². The number of aromatic hydroxyl groups is 1. The van der Waals surface area contributed by atoms with E-state index in [9.17, 15) is 14.7 Å². The van der Waals surface area contributed by atoms with Crippen molar-refractivity contribution in [2.45, 2.75) is 0 Å². The average molecular weight is 308 g/mol. The molecule has 0 aliphatic carbocycles. The first-order chi connectivity index (χ1) is 11.1. The van der Waals surface area contributed by atoms with Gasteiger partial charge in [-0.1, -0.05) is 18.2 Å². The van der Waals surface area contributed by atoms with Crippen molar-refractivity contribution in [1.29, 1.82) is 0 Å². The lowest BCUT2D eigenvalue weighted by atomic mass is 10.2. The van der Waals surface area contributed by atoms with Gasteiger partial charge in [0.2, 0.25) is 0 Å². The number of nitrogens with one attached hydrogen (secondary N) is 1. The van der Waals surface area contributed by atoms with Gasteiger partial charge in [0.1, 0.15) is 5.75 Å². The summed E-state index contributed by atoms with van der Waals surface area (Å²) in [6.07, 6.45) is 2.00. The number of hydrogen-bond donors (Lipinski definition) is 2. The molecule has 0 atom stereocenters. The summed E-state index contributed by atoms with van der Waals surface area (Å²) >= 11 is 0. The fourth-order valence-corrected chi connectivity index (χ4v) is 1.71. The summed E-state index contributed by atoms with van der Waals surface area (Å²) in [5.74, 6) is -1.80. The van der Waals surface area contributed by atoms with Gasteiger partial charge < -0.3 is 16.0 Å². The predicted molar refractivity (Wildman–Crippen MR) is 85.1 cm³/mol. The lowest BCUT2D eigenvalue weighted by molar-refractivity contribution is -0.132. The molecule has 2 N–H and O–H groups in total. The molecule has 0 bridgehead atoms.